The standard InChI is InChI=1S/C22H24N6O3/c1-3-29-16-5-6-18-17(9-16)14(2)25-22(26-18)27-21-23-11-28(12-24-21)10-15-4-7-19-20(8-15)31-13-30-19/h4-9H,3,10-13H2,1-2H3,(H2,23,24,25,26,27). The minimum Gasteiger partial charge on any atom is -0.494 e. The van der Waals surface area contributed by atoms with E-state index in [9.17, 15) is 0 Å². The monoisotopic (exact) mass is 420 g/mol. The number of nitrogens with zero attached hydrogens (tertiary/aromatic N) is 4. The van der Waals surface area contributed by atoms with Gasteiger partial charge in [-0.25, -0.2) is 15.0 Å². The second kappa shape index (κ2) is 8.27. The van der Waals surface area contributed by atoms with E-state index in [2.05, 4.69) is 30.5 Å². The number of aromatic nitrogens is 2. The molecule has 3 aromatic rings. The summed E-state index contributed by atoms with van der Waals surface area (Å²) in [6, 6.07) is 11.9. The first-order valence-electron chi connectivity index (χ1n) is 10.3. The van der Waals surface area contributed by atoms with Gasteiger partial charge < -0.3 is 19.5 Å². The lowest BCUT2D eigenvalue weighted by molar-refractivity contribution is 0.174. The highest BCUT2D eigenvalue weighted by atomic mass is 16.7. The van der Waals surface area contributed by atoms with Crippen molar-refractivity contribution < 1.29 is 14.2 Å². The summed E-state index contributed by atoms with van der Waals surface area (Å²) < 4.78 is 16.4. The molecule has 0 spiro atoms. The van der Waals surface area contributed by atoms with Crippen LogP contribution in [0.25, 0.3) is 10.9 Å². The zero-order valence-corrected chi connectivity index (χ0v) is 17.5. The molecular weight excluding hydrogens is 396 g/mol. The zero-order chi connectivity index (χ0) is 21.2. The lowest BCUT2D eigenvalue weighted by atomic mass is 10.2. The first kappa shape index (κ1) is 19.4. The van der Waals surface area contributed by atoms with Gasteiger partial charge in [-0.1, -0.05) is 6.07 Å². The fraction of sp³-hybridized carbons (Fsp3) is 0.318. The van der Waals surface area contributed by atoms with E-state index in [1.807, 2.05) is 50.2 Å². The second-order valence-electron chi connectivity index (χ2n) is 7.37. The Bertz CT molecular complexity index is 1150. The Morgan fingerprint density at radius 2 is 2.03 bits per heavy atom. The molecule has 0 aliphatic carbocycles. The lowest BCUT2D eigenvalue weighted by Crippen LogP contribution is -2.45. The molecule has 0 radical (unpaired) electrons. The van der Waals surface area contributed by atoms with Gasteiger partial charge in [-0.3, -0.25) is 10.2 Å². The van der Waals surface area contributed by atoms with Crippen LogP contribution in [0, 0.1) is 6.92 Å². The molecule has 0 unspecified atom stereocenters. The molecule has 1 aromatic heterocycles. The molecule has 0 saturated heterocycles. The van der Waals surface area contributed by atoms with Crippen molar-refractivity contribution in [2.75, 3.05) is 32.1 Å². The molecule has 9 heteroatoms. The number of aryl methyl sites for hydroxylation is 1. The highest BCUT2D eigenvalue weighted by Crippen LogP contribution is 2.32. The summed E-state index contributed by atoms with van der Waals surface area (Å²) in [6.07, 6.45) is 0. The molecule has 160 valence electrons. The molecule has 3 heterocycles. The summed E-state index contributed by atoms with van der Waals surface area (Å²) in [5, 5.41) is 7.46. The van der Waals surface area contributed by atoms with Gasteiger partial charge >= 0.3 is 0 Å². The highest BCUT2D eigenvalue weighted by molar-refractivity contribution is 5.93. The van der Waals surface area contributed by atoms with Crippen LogP contribution in [-0.4, -0.2) is 47.6 Å². The first-order chi connectivity index (χ1) is 15.2. The molecule has 2 aliphatic rings. The Kier molecular flexibility index (Phi) is 5.17. The van der Waals surface area contributed by atoms with Crippen LogP contribution in [0.1, 0.15) is 18.2 Å². The van der Waals surface area contributed by atoms with E-state index in [1.165, 1.54) is 0 Å². The van der Waals surface area contributed by atoms with Crippen LogP contribution in [0.3, 0.4) is 0 Å². The number of guanidine groups is 1. The van der Waals surface area contributed by atoms with Gasteiger partial charge in [-0.15, -0.1) is 0 Å². The van der Waals surface area contributed by atoms with E-state index in [-0.39, 0.29) is 6.79 Å². The lowest BCUT2D eigenvalue weighted by Gasteiger charge is -2.27. The Morgan fingerprint density at radius 1 is 1.13 bits per heavy atom. The number of aliphatic imine (C=N–C) groups is 1. The van der Waals surface area contributed by atoms with E-state index in [1.54, 1.807) is 0 Å². The fourth-order valence-electron chi connectivity index (χ4n) is 3.63. The van der Waals surface area contributed by atoms with Gasteiger partial charge in [0.1, 0.15) is 5.75 Å². The molecular formula is C22H24N6O3. The molecule has 0 atom stereocenters. The second-order valence-corrected chi connectivity index (χ2v) is 7.37. The maximum atomic E-state index is 5.58. The van der Waals surface area contributed by atoms with E-state index in [0.717, 1.165) is 46.0 Å². The summed E-state index contributed by atoms with van der Waals surface area (Å²) >= 11 is 0. The van der Waals surface area contributed by atoms with Gasteiger partial charge in [0, 0.05) is 11.9 Å². The van der Waals surface area contributed by atoms with Crippen molar-refractivity contribution in [1.82, 2.24) is 20.2 Å². The predicted octanol–water partition coefficient (Wildman–Crippen LogP) is 2.85. The van der Waals surface area contributed by atoms with E-state index in [4.69, 9.17) is 14.2 Å². The molecule has 0 bridgehead atoms. The zero-order valence-electron chi connectivity index (χ0n) is 17.5. The van der Waals surface area contributed by atoms with E-state index < -0.39 is 0 Å². The van der Waals surface area contributed by atoms with Crippen LogP contribution in [0.15, 0.2) is 41.4 Å². The van der Waals surface area contributed by atoms with Gasteiger partial charge in [-0.2, -0.15) is 0 Å². The summed E-state index contributed by atoms with van der Waals surface area (Å²) in [5.74, 6) is 3.59. The third kappa shape index (κ3) is 4.17. The molecule has 0 saturated carbocycles. The van der Waals surface area contributed by atoms with Crippen LogP contribution in [0.4, 0.5) is 5.95 Å². The summed E-state index contributed by atoms with van der Waals surface area (Å²) in [4.78, 5) is 16.0. The minimum absolute atomic E-state index is 0.285. The van der Waals surface area contributed by atoms with Crippen LogP contribution >= 0.6 is 0 Å². The molecule has 5 rings (SSSR count). The summed E-state index contributed by atoms with van der Waals surface area (Å²) in [6.45, 7) is 6.82. The Labute approximate surface area is 180 Å². The number of nitrogens with one attached hydrogen (secondary N) is 2. The topological polar surface area (TPSA) is 93.1 Å². The quantitative estimate of drug-likeness (QED) is 0.651. The van der Waals surface area contributed by atoms with Gasteiger partial charge in [0.2, 0.25) is 18.7 Å². The summed E-state index contributed by atoms with van der Waals surface area (Å²) in [7, 11) is 0. The molecule has 0 fully saturated rings. The van der Waals surface area contributed by atoms with Crippen molar-refractivity contribution in [2.45, 2.75) is 20.4 Å². The van der Waals surface area contributed by atoms with Crippen molar-refractivity contribution in [3.8, 4) is 17.2 Å². The molecule has 2 aliphatic heterocycles. The van der Waals surface area contributed by atoms with Crippen LogP contribution < -0.4 is 24.8 Å². The maximum absolute atomic E-state index is 5.58. The number of hydrogen-bond acceptors (Lipinski definition) is 9. The van der Waals surface area contributed by atoms with Gasteiger partial charge in [-0.05, 0) is 49.7 Å². The third-order valence-electron chi connectivity index (χ3n) is 5.14. The normalized spacial score (nSPS) is 15.5. The minimum atomic E-state index is 0.285. The fourth-order valence-corrected chi connectivity index (χ4v) is 3.63. The Morgan fingerprint density at radius 3 is 2.87 bits per heavy atom. The first-order valence-corrected chi connectivity index (χ1v) is 10.3. The molecule has 9 nitrogen and oxygen atoms in total. The van der Waals surface area contributed by atoms with Crippen molar-refractivity contribution in [3.05, 3.63) is 47.7 Å². The largest absolute Gasteiger partial charge is 0.494 e. The van der Waals surface area contributed by atoms with Crippen molar-refractivity contribution in [2.24, 2.45) is 4.99 Å². The van der Waals surface area contributed by atoms with Gasteiger partial charge in [0.05, 0.1) is 31.2 Å². The summed E-state index contributed by atoms with van der Waals surface area (Å²) in [5.41, 5.74) is 2.90. The predicted molar refractivity (Wildman–Crippen MR) is 117 cm³/mol. The molecule has 31 heavy (non-hydrogen) atoms. The number of ether oxygens (including phenoxy) is 3. The molecule has 2 aromatic carbocycles. The van der Waals surface area contributed by atoms with Crippen molar-refractivity contribution in [3.63, 3.8) is 0 Å². The number of benzene rings is 2. The Hall–Kier alpha value is -3.59. The van der Waals surface area contributed by atoms with E-state index in [0.29, 0.717) is 31.9 Å². The molecule has 0 amide bonds. The average molecular weight is 420 g/mol. The van der Waals surface area contributed by atoms with Crippen molar-refractivity contribution >= 4 is 22.8 Å². The average Bonchev–Trinajstić information content (AvgIpc) is 3.24. The number of fused-ring (bicyclic) bond motifs is 2. The van der Waals surface area contributed by atoms with Crippen LogP contribution in [0.5, 0.6) is 17.2 Å². The highest BCUT2D eigenvalue weighted by Gasteiger charge is 2.17. The smallest absolute Gasteiger partial charge is 0.231 e. The van der Waals surface area contributed by atoms with Crippen LogP contribution in [-0.2, 0) is 6.54 Å². The van der Waals surface area contributed by atoms with Gasteiger partial charge in [0.25, 0.3) is 0 Å². The van der Waals surface area contributed by atoms with Crippen LogP contribution in [0.2, 0.25) is 0 Å². The molecule has 2 N–H and O–H groups in total. The van der Waals surface area contributed by atoms with E-state index >= 15 is 0 Å². The van der Waals surface area contributed by atoms with Crippen molar-refractivity contribution in [1.29, 1.82) is 0 Å². The SMILES string of the molecule is CCOc1ccc2nc(NC3=NCN(Cc4ccc5c(c4)OCO5)CN3)nc(C)c2c1. The Balaban J connectivity index is 1.24. The number of anilines is 1. The number of rotatable bonds is 5. The maximum Gasteiger partial charge on any atom is 0.231 e. The number of hydrogen-bond donors (Lipinski definition) is 2. The van der Waals surface area contributed by atoms with Gasteiger partial charge in [0.15, 0.2) is 11.5 Å². The third-order valence-corrected chi connectivity index (χ3v) is 5.14.